The molecule has 7 nitrogen and oxygen atoms in total. The van der Waals surface area contributed by atoms with Crippen molar-refractivity contribution in [3.05, 3.63) is 65.5 Å². The molecule has 3 rings (SSSR count). The zero-order chi connectivity index (χ0) is 21.8. The Morgan fingerprint density at radius 3 is 2.33 bits per heavy atom. The Bertz CT molecular complexity index is 930. The molecule has 0 aliphatic carbocycles. The van der Waals surface area contributed by atoms with Gasteiger partial charge in [-0.2, -0.15) is 0 Å². The van der Waals surface area contributed by atoms with Crippen LogP contribution < -0.4 is 16.0 Å². The molecular weight excluding hydrogens is 387 g/mol. The van der Waals surface area contributed by atoms with E-state index in [2.05, 4.69) is 16.0 Å². The highest BCUT2D eigenvalue weighted by Gasteiger charge is 2.45. The predicted molar refractivity (Wildman–Crippen MR) is 112 cm³/mol. The Balaban J connectivity index is 1.82. The number of hydrogen-bond donors (Lipinski definition) is 3. The molecule has 0 spiro atoms. The van der Waals surface area contributed by atoms with E-state index >= 15 is 0 Å². The summed E-state index contributed by atoms with van der Waals surface area (Å²) in [6.07, 6.45) is 0. The molecule has 2 aromatic rings. The number of nitrogens with one attached hydrogen (secondary N) is 3. The number of aryl methyl sites for hydroxylation is 1. The molecule has 1 aliphatic rings. The zero-order valence-electron chi connectivity index (χ0n) is 17.1. The van der Waals surface area contributed by atoms with Crippen LogP contribution in [-0.2, 0) is 9.59 Å². The summed E-state index contributed by atoms with van der Waals surface area (Å²) in [5.41, 5.74) is 2.38. The van der Waals surface area contributed by atoms with Crippen LogP contribution in [-0.4, -0.2) is 48.4 Å². The molecule has 3 N–H and O–H groups in total. The molecule has 1 saturated heterocycles. The van der Waals surface area contributed by atoms with Gasteiger partial charge in [-0.05, 0) is 43.7 Å². The van der Waals surface area contributed by atoms with Crippen LogP contribution in [0.5, 0.6) is 0 Å². The van der Waals surface area contributed by atoms with Crippen molar-refractivity contribution in [3.63, 3.8) is 0 Å². The van der Waals surface area contributed by atoms with E-state index < -0.39 is 23.9 Å². The molecule has 0 aromatic heterocycles. The number of carbonyl (C=O) groups excluding carboxylic acids is 3. The number of urea groups is 1. The molecule has 2 aromatic carbocycles. The quantitative estimate of drug-likeness (QED) is 0.704. The maximum absolute atomic E-state index is 13.1. The molecule has 30 heavy (non-hydrogen) atoms. The smallest absolute Gasteiger partial charge is 0.319 e. The molecule has 3 atom stereocenters. The van der Waals surface area contributed by atoms with Gasteiger partial charge in [0.1, 0.15) is 17.9 Å². The number of rotatable bonds is 5. The molecule has 1 aliphatic heterocycles. The second-order valence-corrected chi connectivity index (χ2v) is 7.38. The Labute approximate surface area is 174 Å². The predicted octanol–water partition coefficient (Wildman–Crippen LogP) is 2.38. The van der Waals surface area contributed by atoms with E-state index in [-0.39, 0.29) is 17.7 Å². The minimum absolute atomic E-state index is 0.276. The average molecular weight is 412 g/mol. The lowest BCUT2D eigenvalue weighted by atomic mass is 9.93. The van der Waals surface area contributed by atoms with Crippen molar-refractivity contribution < 1.29 is 18.8 Å². The Kier molecular flexibility index (Phi) is 6.34. The number of likely N-dealkylation sites (tertiary alicyclic amines) is 1. The van der Waals surface area contributed by atoms with Crippen molar-refractivity contribution in [2.45, 2.75) is 31.8 Å². The van der Waals surface area contributed by atoms with Crippen LogP contribution in [0.3, 0.4) is 0 Å². The van der Waals surface area contributed by atoms with Crippen molar-refractivity contribution in [2.24, 2.45) is 0 Å². The fourth-order valence-electron chi connectivity index (χ4n) is 3.57. The van der Waals surface area contributed by atoms with Crippen molar-refractivity contribution >= 4 is 23.5 Å². The van der Waals surface area contributed by atoms with Gasteiger partial charge in [0.15, 0.2) is 0 Å². The summed E-state index contributed by atoms with van der Waals surface area (Å²) in [6, 6.07) is 11.0. The first-order valence-electron chi connectivity index (χ1n) is 9.72. The molecule has 0 saturated carbocycles. The fraction of sp³-hybridized carbons (Fsp3) is 0.318. The molecule has 158 valence electrons. The number of likely N-dealkylation sites (N-methyl/N-ethyl adjacent to an activating group) is 1. The maximum atomic E-state index is 13.1. The highest BCUT2D eigenvalue weighted by Crippen LogP contribution is 2.30. The van der Waals surface area contributed by atoms with Gasteiger partial charge in [0.25, 0.3) is 0 Å². The summed E-state index contributed by atoms with van der Waals surface area (Å²) in [5.74, 6) is -1.33. The number of carbonyl (C=O) groups is 3. The molecule has 4 amide bonds. The first-order valence-corrected chi connectivity index (χ1v) is 9.72. The summed E-state index contributed by atoms with van der Waals surface area (Å²) >= 11 is 0. The van der Waals surface area contributed by atoms with E-state index in [1.807, 2.05) is 31.2 Å². The molecular formula is C22H25FN4O3. The second-order valence-electron chi connectivity index (χ2n) is 7.38. The third kappa shape index (κ3) is 4.59. The van der Waals surface area contributed by atoms with E-state index in [0.29, 0.717) is 12.2 Å². The van der Waals surface area contributed by atoms with Gasteiger partial charge in [0, 0.05) is 25.2 Å². The van der Waals surface area contributed by atoms with E-state index in [1.165, 1.54) is 36.2 Å². The highest BCUT2D eigenvalue weighted by molar-refractivity contribution is 5.97. The topological polar surface area (TPSA) is 90.5 Å². The van der Waals surface area contributed by atoms with E-state index in [4.69, 9.17) is 0 Å². The summed E-state index contributed by atoms with van der Waals surface area (Å²) in [4.78, 5) is 39.2. The van der Waals surface area contributed by atoms with Crippen molar-refractivity contribution in [3.8, 4) is 0 Å². The van der Waals surface area contributed by atoms with Crippen LogP contribution in [0.15, 0.2) is 48.5 Å². The van der Waals surface area contributed by atoms with Crippen LogP contribution in [0.2, 0.25) is 0 Å². The minimum Gasteiger partial charge on any atom is -0.357 e. The maximum Gasteiger partial charge on any atom is 0.319 e. The standard InChI is InChI=1S/C22H25FN4O3/c1-13-4-6-15(7-5-13)18-12-27(14(2)20(28)24-3)21(29)19(18)26-22(30)25-17-10-8-16(23)9-11-17/h4-11,14,18-19H,12H2,1-3H3,(H,24,28)(H2,25,26,30)/t14?,18-,19-/m0/s1. The normalized spacial score (nSPS) is 19.3. The van der Waals surface area contributed by atoms with Gasteiger partial charge in [0.05, 0.1) is 0 Å². The van der Waals surface area contributed by atoms with E-state index in [0.717, 1.165) is 11.1 Å². The third-order valence-electron chi connectivity index (χ3n) is 5.33. The van der Waals surface area contributed by atoms with Gasteiger partial charge in [0.2, 0.25) is 11.8 Å². The first-order chi connectivity index (χ1) is 14.3. The number of benzene rings is 2. The van der Waals surface area contributed by atoms with E-state index in [9.17, 15) is 18.8 Å². The monoisotopic (exact) mass is 412 g/mol. The van der Waals surface area contributed by atoms with Crippen LogP contribution >= 0.6 is 0 Å². The molecule has 0 bridgehead atoms. The molecule has 0 radical (unpaired) electrons. The molecule has 1 fully saturated rings. The van der Waals surface area contributed by atoms with E-state index in [1.54, 1.807) is 6.92 Å². The molecule has 8 heteroatoms. The summed E-state index contributed by atoms with van der Waals surface area (Å²) < 4.78 is 13.1. The van der Waals surface area contributed by atoms with Gasteiger partial charge in [-0.1, -0.05) is 29.8 Å². The average Bonchev–Trinajstić information content (AvgIpc) is 3.05. The lowest BCUT2D eigenvalue weighted by Crippen LogP contribution is -2.49. The summed E-state index contributed by atoms with van der Waals surface area (Å²) in [6.45, 7) is 3.93. The number of amides is 4. The first kappa shape index (κ1) is 21.3. The van der Waals surface area contributed by atoms with Crippen LogP contribution in [0, 0.1) is 12.7 Å². The Morgan fingerprint density at radius 2 is 1.73 bits per heavy atom. The number of hydrogen-bond acceptors (Lipinski definition) is 3. The lowest BCUT2D eigenvalue weighted by molar-refractivity contribution is -0.137. The van der Waals surface area contributed by atoms with Crippen LogP contribution in [0.4, 0.5) is 14.9 Å². The number of anilines is 1. The van der Waals surface area contributed by atoms with Gasteiger partial charge in [-0.25, -0.2) is 9.18 Å². The van der Waals surface area contributed by atoms with Crippen molar-refractivity contribution in [1.82, 2.24) is 15.5 Å². The van der Waals surface area contributed by atoms with Gasteiger partial charge >= 0.3 is 6.03 Å². The fourth-order valence-corrected chi connectivity index (χ4v) is 3.57. The zero-order valence-corrected chi connectivity index (χ0v) is 17.1. The van der Waals surface area contributed by atoms with Gasteiger partial charge in [-0.3, -0.25) is 9.59 Å². The minimum atomic E-state index is -0.833. The summed E-state index contributed by atoms with van der Waals surface area (Å²) in [5, 5.41) is 7.89. The SMILES string of the molecule is CNC(=O)C(C)N1C[C@@H](c2ccc(C)cc2)[C@H](NC(=O)Nc2ccc(F)cc2)C1=O. The van der Waals surface area contributed by atoms with Gasteiger partial charge in [-0.15, -0.1) is 0 Å². The third-order valence-corrected chi connectivity index (χ3v) is 5.33. The Morgan fingerprint density at radius 1 is 1.10 bits per heavy atom. The molecule has 1 unspecified atom stereocenters. The number of halogens is 1. The van der Waals surface area contributed by atoms with Crippen LogP contribution in [0.1, 0.15) is 24.0 Å². The van der Waals surface area contributed by atoms with Gasteiger partial charge < -0.3 is 20.9 Å². The molecule has 1 heterocycles. The largest absolute Gasteiger partial charge is 0.357 e. The summed E-state index contributed by atoms with van der Waals surface area (Å²) in [7, 11) is 1.52. The van der Waals surface area contributed by atoms with Crippen LogP contribution in [0.25, 0.3) is 0 Å². The second kappa shape index (κ2) is 8.94. The highest BCUT2D eigenvalue weighted by atomic mass is 19.1. The van der Waals surface area contributed by atoms with Crippen molar-refractivity contribution in [1.29, 1.82) is 0 Å². The lowest BCUT2D eigenvalue weighted by Gasteiger charge is -2.23. The number of nitrogens with zero attached hydrogens (tertiary/aromatic N) is 1. The Hall–Kier alpha value is -3.42. The van der Waals surface area contributed by atoms with Crippen molar-refractivity contribution in [2.75, 3.05) is 18.9 Å².